The van der Waals surface area contributed by atoms with E-state index in [2.05, 4.69) is 15.5 Å². The molecule has 0 saturated heterocycles. The molecule has 0 aliphatic carbocycles. The molecule has 0 spiro atoms. The number of rotatable bonds is 5. The van der Waals surface area contributed by atoms with Crippen molar-refractivity contribution in [2.45, 2.75) is 20.0 Å². The van der Waals surface area contributed by atoms with Gasteiger partial charge in [0.1, 0.15) is 0 Å². The van der Waals surface area contributed by atoms with E-state index in [-0.39, 0.29) is 5.91 Å². The third-order valence-electron chi connectivity index (χ3n) is 2.78. The fraction of sp³-hybridized carbons (Fsp3) is 0.286. The van der Waals surface area contributed by atoms with Crippen LogP contribution in [0.5, 0.6) is 0 Å². The highest BCUT2D eigenvalue weighted by molar-refractivity contribution is 6.03. The smallest absolute Gasteiger partial charge is 0.256 e. The van der Waals surface area contributed by atoms with Crippen LogP contribution in [0, 0.1) is 0 Å². The molecule has 5 nitrogen and oxygen atoms in total. The van der Waals surface area contributed by atoms with Crippen LogP contribution >= 0.6 is 0 Å². The molecule has 1 aromatic carbocycles. The van der Waals surface area contributed by atoms with Crippen LogP contribution < -0.4 is 5.32 Å². The Morgan fingerprint density at radius 3 is 2.68 bits per heavy atom. The van der Waals surface area contributed by atoms with E-state index in [9.17, 15) is 4.79 Å². The first kappa shape index (κ1) is 13.3. The van der Waals surface area contributed by atoms with E-state index in [1.54, 1.807) is 19.2 Å². The Kier molecular flexibility index (Phi) is 4.30. The van der Waals surface area contributed by atoms with Crippen LogP contribution in [-0.4, -0.2) is 23.2 Å². The number of ether oxygens (including phenoxy) is 1. The zero-order valence-corrected chi connectivity index (χ0v) is 11.1. The summed E-state index contributed by atoms with van der Waals surface area (Å²) in [5.41, 5.74) is 2.62. The van der Waals surface area contributed by atoms with Gasteiger partial charge in [0.15, 0.2) is 5.82 Å². The largest absolute Gasteiger partial charge is 0.380 e. The van der Waals surface area contributed by atoms with E-state index in [0.717, 1.165) is 17.7 Å². The fourth-order valence-corrected chi connectivity index (χ4v) is 1.71. The van der Waals surface area contributed by atoms with Crippen LogP contribution in [0.25, 0.3) is 0 Å². The van der Waals surface area contributed by atoms with Crippen molar-refractivity contribution in [1.82, 2.24) is 10.2 Å². The summed E-state index contributed by atoms with van der Waals surface area (Å²) in [5.74, 6) is 0.376. The highest BCUT2D eigenvalue weighted by Gasteiger charge is 2.08. The van der Waals surface area contributed by atoms with Crippen LogP contribution in [0.1, 0.15) is 28.5 Å². The zero-order valence-electron chi connectivity index (χ0n) is 11.1. The molecule has 0 radical (unpaired) electrons. The van der Waals surface area contributed by atoms with Crippen LogP contribution in [-0.2, 0) is 17.8 Å². The molecule has 0 atom stereocenters. The Morgan fingerprint density at radius 2 is 2.11 bits per heavy atom. The second-order valence-corrected chi connectivity index (χ2v) is 4.22. The molecular weight excluding hydrogens is 242 g/mol. The summed E-state index contributed by atoms with van der Waals surface area (Å²) in [5, 5.41) is 9.63. The first-order valence-electron chi connectivity index (χ1n) is 6.16. The number of nitrogens with zero attached hydrogens (tertiary/aromatic N) is 1. The van der Waals surface area contributed by atoms with Gasteiger partial charge in [-0.2, -0.15) is 5.10 Å². The molecular formula is C14H17N3O2. The summed E-state index contributed by atoms with van der Waals surface area (Å²) in [7, 11) is 1.64. The van der Waals surface area contributed by atoms with Gasteiger partial charge in [-0.25, -0.2) is 0 Å². The lowest BCUT2D eigenvalue weighted by Gasteiger charge is -2.03. The number of nitrogens with one attached hydrogen (secondary N) is 2. The second kappa shape index (κ2) is 6.15. The molecule has 2 rings (SSSR count). The maximum absolute atomic E-state index is 12.0. The van der Waals surface area contributed by atoms with Crippen molar-refractivity contribution in [1.29, 1.82) is 0 Å². The van der Waals surface area contributed by atoms with Crippen molar-refractivity contribution in [2.24, 2.45) is 0 Å². The van der Waals surface area contributed by atoms with Crippen LogP contribution in [0.3, 0.4) is 0 Å². The molecule has 5 heteroatoms. The molecule has 100 valence electrons. The number of hydrogen-bond donors (Lipinski definition) is 2. The van der Waals surface area contributed by atoms with Crippen LogP contribution in [0.15, 0.2) is 30.3 Å². The van der Waals surface area contributed by atoms with Gasteiger partial charge in [-0.15, -0.1) is 0 Å². The number of aryl methyl sites for hydroxylation is 1. The second-order valence-electron chi connectivity index (χ2n) is 4.22. The maximum atomic E-state index is 12.0. The highest BCUT2D eigenvalue weighted by Crippen LogP contribution is 2.10. The van der Waals surface area contributed by atoms with Crippen LogP contribution in [0.2, 0.25) is 0 Å². The standard InChI is InChI=1S/C14H17N3O2/c1-3-12-8-13(17-16-12)15-14(18)11-6-4-10(5-7-11)9-19-2/h4-8H,3,9H2,1-2H3,(H2,15,16,17,18). The molecule has 1 heterocycles. The Labute approximate surface area is 112 Å². The molecule has 19 heavy (non-hydrogen) atoms. The van der Waals surface area contributed by atoms with Crippen molar-refractivity contribution in [3.8, 4) is 0 Å². The predicted octanol–water partition coefficient (Wildman–Crippen LogP) is 2.37. The van der Waals surface area contributed by atoms with E-state index in [1.807, 2.05) is 25.1 Å². The fourth-order valence-electron chi connectivity index (χ4n) is 1.71. The van der Waals surface area contributed by atoms with E-state index in [1.165, 1.54) is 0 Å². The van der Waals surface area contributed by atoms with Gasteiger partial charge in [-0.3, -0.25) is 9.89 Å². The molecule has 1 amide bonds. The Morgan fingerprint density at radius 1 is 1.37 bits per heavy atom. The lowest BCUT2D eigenvalue weighted by Crippen LogP contribution is -2.12. The molecule has 0 bridgehead atoms. The Balaban J connectivity index is 2.02. The molecule has 0 aliphatic rings. The maximum Gasteiger partial charge on any atom is 0.256 e. The number of carbonyl (C=O) groups excluding carboxylic acids is 1. The molecule has 0 unspecified atom stereocenters. The van der Waals surface area contributed by atoms with Crippen molar-refractivity contribution < 1.29 is 9.53 Å². The molecule has 1 aromatic heterocycles. The number of hydrogen-bond acceptors (Lipinski definition) is 3. The molecule has 0 saturated carbocycles. The topological polar surface area (TPSA) is 67.0 Å². The Hall–Kier alpha value is -2.14. The molecule has 0 aliphatic heterocycles. The minimum atomic E-state index is -0.168. The lowest BCUT2D eigenvalue weighted by atomic mass is 10.1. The van der Waals surface area contributed by atoms with E-state index < -0.39 is 0 Å². The highest BCUT2D eigenvalue weighted by atomic mass is 16.5. The minimum Gasteiger partial charge on any atom is -0.380 e. The molecule has 2 N–H and O–H groups in total. The number of methoxy groups -OCH3 is 1. The number of anilines is 1. The van der Waals surface area contributed by atoms with E-state index in [4.69, 9.17) is 4.74 Å². The van der Waals surface area contributed by atoms with E-state index in [0.29, 0.717) is 18.0 Å². The first-order chi connectivity index (χ1) is 9.22. The SMILES string of the molecule is CCc1cc(NC(=O)c2ccc(COC)cc2)n[nH]1. The number of aromatic amines is 1. The van der Waals surface area contributed by atoms with Crippen molar-refractivity contribution in [3.05, 3.63) is 47.2 Å². The Bertz CT molecular complexity index is 546. The van der Waals surface area contributed by atoms with E-state index >= 15 is 0 Å². The van der Waals surface area contributed by atoms with Gasteiger partial charge in [-0.05, 0) is 24.1 Å². The van der Waals surface area contributed by atoms with Gasteiger partial charge in [-0.1, -0.05) is 19.1 Å². The zero-order chi connectivity index (χ0) is 13.7. The summed E-state index contributed by atoms with van der Waals surface area (Å²) in [4.78, 5) is 12.0. The number of carbonyl (C=O) groups is 1. The van der Waals surface area contributed by atoms with Gasteiger partial charge in [0.25, 0.3) is 5.91 Å². The van der Waals surface area contributed by atoms with Crippen LogP contribution in [0.4, 0.5) is 5.82 Å². The number of amides is 1. The molecule has 0 fully saturated rings. The van der Waals surface area contributed by atoms with Gasteiger partial charge in [0.05, 0.1) is 6.61 Å². The van der Waals surface area contributed by atoms with Gasteiger partial charge in [0, 0.05) is 24.4 Å². The van der Waals surface area contributed by atoms with Gasteiger partial charge in [0.2, 0.25) is 0 Å². The summed E-state index contributed by atoms with van der Waals surface area (Å²) in [6, 6.07) is 9.13. The number of aromatic nitrogens is 2. The third-order valence-corrected chi connectivity index (χ3v) is 2.78. The van der Waals surface area contributed by atoms with Crippen molar-refractivity contribution in [3.63, 3.8) is 0 Å². The minimum absolute atomic E-state index is 0.168. The normalized spacial score (nSPS) is 10.4. The van der Waals surface area contributed by atoms with Crippen molar-refractivity contribution >= 4 is 11.7 Å². The monoisotopic (exact) mass is 259 g/mol. The molecule has 2 aromatic rings. The average molecular weight is 259 g/mol. The van der Waals surface area contributed by atoms with Gasteiger partial charge < -0.3 is 10.1 Å². The summed E-state index contributed by atoms with van der Waals surface area (Å²) < 4.78 is 5.02. The summed E-state index contributed by atoms with van der Waals surface area (Å²) in [6.45, 7) is 2.56. The summed E-state index contributed by atoms with van der Waals surface area (Å²) in [6.07, 6.45) is 0.856. The first-order valence-corrected chi connectivity index (χ1v) is 6.16. The van der Waals surface area contributed by atoms with Crippen molar-refractivity contribution in [2.75, 3.05) is 12.4 Å². The summed E-state index contributed by atoms with van der Waals surface area (Å²) >= 11 is 0. The average Bonchev–Trinajstić information content (AvgIpc) is 2.87. The third kappa shape index (κ3) is 3.42. The number of H-pyrrole nitrogens is 1. The lowest BCUT2D eigenvalue weighted by molar-refractivity contribution is 0.102. The van der Waals surface area contributed by atoms with Gasteiger partial charge >= 0.3 is 0 Å². The predicted molar refractivity (Wildman–Crippen MR) is 73.1 cm³/mol. The quantitative estimate of drug-likeness (QED) is 0.866. The number of benzene rings is 1.